The molecule has 2 atom stereocenters. The summed E-state index contributed by atoms with van der Waals surface area (Å²) in [6.07, 6.45) is 2.27. The van der Waals surface area contributed by atoms with Crippen LogP contribution in [0, 0.1) is 0 Å². The van der Waals surface area contributed by atoms with Crippen LogP contribution in [0.3, 0.4) is 0 Å². The highest BCUT2D eigenvalue weighted by molar-refractivity contribution is 7.86. The smallest absolute Gasteiger partial charge is 0.277 e. The molecule has 2 unspecified atom stereocenters. The molecule has 2 N–H and O–H groups in total. The maximum absolute atomic E-state index is 11.3. The molecular formula is C8H17N3O2S. The van der Waals surface area contributed by atoms with Gasteiger partial charge in [0.05, 0.1) is 0 Å². The molecule has 2 saturated heterocycles. The van der Waals surface area contributed by atoms with Crippen LogP contribution >= 0.6 is 0 Å². The van der Waals surface area contributed by atoms with E-state index >= 15 is 0 Å². The van der Waals surface area contributed by atoms with Gasteiger partial charge in [0.15, 0.2) is 0 Å². The maximum Gasteiger partial charge on any atom is 0.277 e. The SMILES string of the molecule is CC1CN2CCCC2CN1S(N)(=O)=O. The van der Waals surface area contributed by atoms with Crippen LogP contribution in [0.5, 0.6) is 0 Å². The predicted molar refractivity (Wildman–Crippen MR) is 53.9 cm³/mol. The Balaban J connectivity index is 2.14. The molecule has 2 aliphatic rings. The number of nitrogens with zero attached hydrogens (tertiary/aromatic N) is 2. The molecule has 0 aromatic carbocycles. The number of rotatable bonds is 1. The Hall–Kier alpha value is -0.170. The highest BCUT2D eigenvalue weighted by atomic mass is 32.2. The second-order valence-corrected chi connectivity index (χ2v) is 5.75. The van der Waals surface area contributed by atoms with Crippen LogP contribution in [0.25, 0.3) is 0 Å². The molecule has 82 valence electrons. The Morgan fingerprint density at radius 2 is 2.07 bits per heavy atom. The van der Waals surface area contributed by atoms with Crippen molar-refractivity contribution >= 4 is 10.2 Å². The third-order valence-corrected chi connectivity index (χ3v) is 4.37. The van der Waals surface area contributed by atoms with Gasteiger partial charge < -0.3 is 0 Å². The third kappa shape index (κ3) is 1.79. The van der Waals surface area contributed by atoms with Crippen LogP contribution in [0.4, 0.5) is 0 Å². The van der Waals surface area contributed by atoms with Crippen LogP contribution in [-0.2, 0) is 10.2 Å². The first-order valence-electron chi connectivity index (χ1n) is 5.02. The minimum absolute atomic E-state index is 0.0133. The van der Waals surface area contributed by atoms with Crippen LogP contribution < -0.4 is 5.14 Å². The van der Waals surface area contributed by atoms with Crippen molar-refractivity contribution in [1.82, 2.24) is 9.21 Å². The molecule has 0 spiro atoms. The molecule has 0 aromatic heterocycles. The number of hydrogen-bond donors (Lipinski definition) is 1. The molecule has 2 heterocycles. The maximum atomic E-state index is 11.3. The van der Waals surface area contributed by atoms with Crippen LogP contribution in [-0.4, -0.2) is 49.3 Å². The highest BCUT2D eigenvalue weighted by Gasteiger charge is 2.38. The van der Waals surface area contributed by atoms with Crippen LogP contribution in [0.1, 0.15) is 19.8 Å². The minimum atomic E-state index is -3.51. The summed E-state index contributed by atoms with van der Waals surface area (Å²) in [7, 11) is -3.51. The zero-order valence-electron chi connectivity index (χ0n) is 8.39. The number of piperazine rings is 1. The third-order valence-electron chi connectivity index (χ3n) is 3.21. The van der Waals surface area contributed by atoms with E-state index in [-0.39, 0.29) is 6.04 Å². The van der Waals surface area contributed by atoms with Crippen molar-refractivity contribution in [3.8, 4) is 0 Å². The van der Waals surface area contributed by atoms with E-state index in [9.17, 15) is 8.42 Å². The first-order valence-corrected chi connectivity index (χ1v) is 6.52. The van der Waals surface area contributed by atoms with Gasteiger partial charge in [0.2, 0.25) is 0 Å². The fraction of sp³-hybridized carbons (Fsp3) is 1.00. The summed E-state index contributed by atoms with van der Waals surface area (Å²) in [4.78, 5) is 2.37. The fourth-order valence-electron chi connectivity index (χ4n) is 2.52. The lowest BCUT2D eigenvalue weighted by molar-refractivity contribution is 0.117. The summed E-state index contributed by atoms with van der Waals surface area (Å²) >= 11 is 0. The molecule has 0 bridgehead atoms. The molecule has 14 heavy (non-hydrogen) atoms. The fourth-order valence-corrected chi connectivity index (χ4v) is 3.46. The second kappa shape index (κ2) is 3.44. The van der Waals surface area contributed by atoms with E-state index in [0.29, 0.717) is 12.6 Å². The largest absolute Gasteiger partial charge is 0.297 e. The number of nitrogens with two attached hydrogens (primary N) is 1. The van der Waals surface area contributed by atoms with Gasteiger partial charge in [-0.25, -0.2) is 5.14 Å². The summed E-state index contributed by atoms with van der Waals surface area (Å²) in [6.45, 7) is 4.41. The number of hydrogen-bond acceptors (Lipinski definition) is 3. The molecule has 2 fully saturated rings. The lowest BCUT2D eigenvalue weighted by Crippen LogP contribution is -2.58. The van der Waals surface area contributed by atoms with E-state index in [1.807, 2.05) is 6.92 Å². The van der Waals surface area contributed by atoms with Gasteiger partial charge in [-0.05, 0) is 26.3 Å². The second-order valence-electron chi connectivity index (χ2n) is 4.25. The van der Waals surface area contributed by atoms with Gasteiger partial charge in [-0.1, -0.05) is 0 Å². The standard InChI is InChI=1S/C8H17N3O2S/c1-7-5-10-4-2-3-8(10)6-11(7)14(9,12)13/h7-8H,2-6H2,1H3,(H2,9,12,13). The molecule has 0 aromatic rings. The normalized spacial score (nSPS) is 35.9. The van der Waals surface area contributed by atoms with Crippen molar-refractivity contribution in [2.24, 2.45) is 5.14 Å². The average molecular weight is 219 g/mol. The number of fused-ring (bicyclic) bond motifs is 1. The summed E-state index contributed by atoms with van der Waals surface area (Å²) < 4.78 is 24.0. The van der Waals surface area contributed by atoms with E-state index in [1.165, 1.54) is 10.7 Å². The lowest BCUT2D eigenvalue weighted by atomic mass is 10.1. The predicted octanol–water partition coefficient (Wildman–Crippen LogP) is -0.642. The van der Waals surface area contributed by atoms with Gasteiger partial charge in [0.1, 0.15) is 0 Å². The zero-order chi connectivity index (χ0) is 10.3. The highest BCUT2D eigenvalue weighted by Crippen LogP contribution is 2.25. The quantitative estimate of drug-likeness (QED) is 0.638. The minimum Gasteiger partial charge on any atom is -0.297 e. The van der Waals surface area contributed by atoms with Crippen molar-refractivity contribution in [3.05, 3.63) is 0 Å². The first-order chi connectivity index (χ1) is 6.48. The average Bonchev–Trinajstić information content (AvgIpc) is 2.47. The zero-order valence-corrected chi connectivity index (χ0v) is 9.20. The van der Waals surface area contributed by atoms with Gasteiger partial charge >= 0.3 is 0 Å². The van der Waals surface area contributed by atoms with E-state index in [2.05, 4.69) is 4.90 Å². The Bertz CT molecular complexity index is 317. The molecule has 0 radical (unpaired) electrons. The molecule has 0 amide bonds. The van der Waals surface area contributed by atoms with E-state index in [4.69, 9.17) is 5.14 Å². The van der Waals surface area contributed by atoms with Gasteiger partial charge in [0.25, 0.3) is 10.2 Å². The lowest BCUT2D eigenvalue weighted by Gasteiger charge is -2.40. The summed E-state index contributed by atoms with van der Waals surface area (Å²) in [5, 5.41) is 5.16. The summed E-state index contributed by atoms with van der Waals surface area (Å²) in [6, 6.07) is 0.406. The van der Waals surface area contributed by atoms with Gasteiger partial charge in [-0.3, -0.25) is 4.90 Å². The van der Waals surface area contributed by atoms with E-state index in [0.717, 1.165) is 19.5 Å². The molecule has 0 aliphatic carbocycles. The summed E-state index contributed by atoms with van der Waals surface area (Å²) in [5.74, 6) is 0. The van der Waals surface area contributed by atoms with Crippen molar-refractivity contribution < 1.29 is 8.42 Å². The van der Waals surface area contributed by atoms with Crippen molar-refractivity contribution in [2.75, 3.05) is 19.6 Å². The molecular weight excluding hydrogens is 202 g/mol. The summed E-state index contributed by atoms with van der Waals surface area (Å²) in [5.41, 5.74) is 0. The Morgan fingerprint density at radius 1 is 1.36 bits per heavy atom. The van der Waals surface area contributed by atoms with Crippen molar-refractivity contribution in [1.29, 1.82) is 0 Å². The molecule has 0 saturated carbocycles. The van der Waals surface area contributed by atoms with Gasteiger partial charge in [0, 0.05) is 25.2 Å². The van der Waals surface area contributed by atoms with Gasteiger partial charge in [-0.2, -0.15) is 12.7 Å². The first kappa shape index (κ1) is 10.4. The Labute approximate surface area is 85.0 Å². The molecule has 2 rings (SSSR count). The van der Waals surface area contributed by atoms with E-state index < -0.39 is 10.2 Å². The van der Waals surface area contributed by atoms with Gasteiger partial charge in [-0.15, -0.1) is 0 Å². The Kier molecular flexibility index (Phi) is 2.55. The van der Waals surface area contributed by atoms with Crippen LogP contribution in [0.2, 0.25) is 0 Å². The molecule has 5 nitrogen and oxygen atoms in total. The molecule has 2 aliphatic heterocycles. The monoisotopic (exact) mass is 219 g/mol. The van der Waals surface area contributed by atoms with Crippen molar-refractivity contribution in [3.63, 3.8) is 0 Å². The molecule has 6 heteroatoms. The topological polar surface area (TPSA) is 66.6 Å². The Morgan fingerprint density at radius 3 is 2.71 bits per heavy atom. The van der Waals surface area contributed by atoms with Crippen molar-refractivity contribution in [2.45, 2.75) is 31.8 Å². The van der Waals surface area contributed by atoms with Crippen LogP contribution in [0.15, 0.2) is 0 Å². The van der Waals surface area contributed by atoms with E-state index in [1.54, 1.807) is 0 Å².